The fourth-order valence-electron chi connectivity index (χ4n) is 1.70. The van der Waals surface area contributed by atoms with E-state index >= 15 is 0 Å². The van der Waals surface area contributed by atoms with Crippen molar-refractivity contribution in [2.24, 2.45) is 0 Å². The number of nitrogens with zero attached hydrogens (tertiary/aromatic N) is 4. The third-order valence-corrected chi connectivity index (χ3v) is 3.75. The Bertz CT molecular complexity index is 481. The zero-order valence-corrected chi connectivity index (χ0v) is 11.7. The Morgan fingerprint density at radius 3 is 2.61 bits per heavy atom. The molecular formula is C13H18N4S. The largest absolute Gasteiger partial charge is 0.302 e. The number of rotatable bonds is 6. The lowest BCUT2D eigenvalue weighted by atomic mass is 10.2. The quantitative estimate of drug-likeness (QED) is 0.592. The third kappa shape index (κ3) is 2.90. The van der Waals surface area contributed by atoms with Crippen molar-refractivity contribution in [2.75, 3.05) is 5.75 Å². The first-order valence-electron chi connectivity index (χ1n) is 6.33. The zero-order valence-electron chi connectivity index (χ0n) is 10.8. The van der Waals surface area contributed by atoms with Gasteiger partial charge in [-0.1, -0.05) is 25.1 Å². The highest BCUT2D eigenvalue weighted by Gasteiger charge is 2.12. The molecule has 18 heavy (non-hydrogen) atoms. The molecule has 5 heteroatoms. The van der Waals surface area contributed by atoms with Crippen LogP contribution in [0.25, 0.3) is 11.4 Å². The molecule has 4 nitrogen and oxygen atoms in total. The van der Waals surface area contributed by atoms with Gasteiger partial charge in [-0.2, -0.15) is 0 Å². The molecule has 0 saturated heterocycles. The molecule has 2 heterocycles. The van der Waals surface area contributed by atoms with Crippen molar-refractivity contribution in [1.82, 2.24) is 19.7 Å². The summed E-state index contributed by atoms with van der Waals surface area (Å²) in [6.07, 6.45) is 6.00. The highest BCUT2D eigenvalue weighted by atomic mass is 32.2. The van der Waals surface area contributed by atoms with Gasteiger partial charge in [-0.25, -0.2) is 0 Å². The predicted molar refractivity (Wildman–Crippen MR) is 74.6 cm³/mol. The number of aromatic nitrogens is 4. The Balaban J connectivity index is 2.22. The van der Waals surface area contributed by atoms with Crippen LogP contribution in [0.4, 0.5) is 0 Å². The van der Waals surface area contributed by atoms with E-state index in [1.807, 2.05) is 12.1 Å². The summed E-state index contributed by atoms with van der Waals surface area (Å²) in [6.45, 7) is 5.21. The molecule has 0 aliphatic rings. The van der Waals surface area contributed by atoms with Gasteiger partial charge < -0.3 is 4.57 Å². The van der Waals surface area contributed by atoms with Crippen LogP contribution in [0.2, 0.25) is 0 Å². The first-order chi connectivity index (χ1) is 8.86. The molecule has 0 unspecified atom stereocenters. The topological polar surface area (TPSA) is 43.6 Å². The van der Waals surface area contributed by atoms with E-state index in [2.05, 4.69) is 33.6 Å². The third-order valence-electron chi connectivity index (χ3n) is 2.70. The molecule has 0 aliphatic heterocycles. The van der Waals surface area contributed by atoms with Gasteiger partial charge in [0, 0.05) is 30.3 Å². The molecule has 2 rings (SSSR count). The smallest absolute Gasteiger partial charge is 0.191 e. The van der Waals surface area contributed by atoms with Crippen molar-refractivity contribution in [3.8, 4) is 11.4 Å². The van der Waals surface area contributed by atoms with Crippen LogP contribution in [-0.2, 0) is 6.54 Å². The molecule has 2 aromatic heterocycles. The first-order valence-corrected chi connectivity index (χ1v) is 7.31. The highest BCUT2D eigenvalue weighted by molar-refractivity contribution is 7.99. The lowest BCUT2D eigenvalue weighted by Crippen LogP contribution is -2.00. The van der Waals surface area contributed by atoms with Crippen LogP contribution in [0.5, 0.6) is 0 Å². The monoisotopic (exact) mass is 262 g/mol. The maximum absolute atomic E-state index is 4.30. The van der Waals surface area contributed by atoms with E-state index in [1.165, 1.54) is 12.8 Å². The Hall–Kier alpha value is -1.36. The van der Waals surface area contributed by atoms with Crippen molar-refractivity contribution in [1.29, 1.82) is 0 Å². The maximum atomic E-state index is 4.30. The van der Waals surface area contributed by atoms with Crippen LogP contribution in [-0.4, -0.2) is 25.5 Å². The van der Waals surface area contributed by atoms with Crippen molar-refractivity contribution < 1.29 is 0 Å². The van der Waals surface area contributed by atoms with Gasteiger partial charge in [0.25, 0.3) is 0 Å². The second-order valence-corrected chi connectivity index (χ2v) is 5.05. The lowest BCUT2D eigenvalue weighted by molar-refractivity contribution is 0.686. The van der Waals surface area contributed by atoms with Crippen LogP contribution in [0.1, 0.15) is 26.7 Å². The Morgan fingerprint density at radius 1 is 1.17 bits per heavy atom. The number of unbranched alkanes of at least 4 members (excludes halogenated alkanes) is 1. The van der Waals surface area contributed by atoms with Gasteiger partial charge in [0.05, 0.1) is 0 Å². The van der Waals surface area contributed by atoms with E-state index in [0.29, 0.717) is 0 Å². The number of hydrogen-bond donors (Lipinski definition) is 0. The van der Waals surface area contributed by atoms with Gasteiger partial charge in [0.2, 0.25) is 0 Å². The number of pyridine rings is 1. The molecule has 0 radical (unpaired) electrons. The zero-order chi connectivity index (χ0) is 12.8. The summed E-state index contributed by atoms with van der Waals surface area (Å²) in [4.78, 5) is 4.03. The average molecular weight is 262 g/mol. The van der Waals surface area contributed by atoms with Crippen molar-refractivity contribution in [2.45, 2.75) is 38.4 Å². The minimum Gasteiger partial charge on any atom is -0.302 e. The van der Waals surface area contributed by atoms with Crippen LogP contribution in [0.3, 0.4) is 0 Å². The molecule has 0 atom stereocenters. The molecule has 0 fully saturated rings. The molecule has 2 aromatic rings. The van der Waals surface area contributed by atoms with E-state index in [9.17, 15) is 0 Å². The first kappa shape index (κ1) is 13.1. The summed E-state index contributed by atoms with van der Waals surface area (Å²) in [5.41, 5.74) is 1.07. The molecule has 0 saturated carbocycles. The van der Waals surface area contributed by atoms with Crippen LogP contribution >= 0.6 is 11.8 Å². The van der Waals surface area contributed by atoms with E-state index in [1.54, 1.807) is 24.2 Å². The summed E-state index contributed by atoms with van der Waals surface area (Å²) in [6, 6.07) is 3.94. The second kappa shape index (κ2) is 6.54. The maximum Gasteiger partial charge on any atom is 0.191 e. The molecular weight excluding hydrogens is 244 g/mol. The summed E-state index contributed by atoms with van der Waals surface area (Å²) >= 11 is 1.79. The number of thioether (sulfide) groups is 1. The normalized spacial score (nSPS) is 10.8. The van der Waals surface area contributed by atoms with Crippen LogP contribution < -0.4 is 0 Å². The van der Waals surface area contributed by atoms with Crippen LogP contribution in [0.15, 0.2) is 29.7 Å². The Morgan fingerprint density at radius 2 is 1.94 bits per heavy atom. The van der Waals surface area contributed by atoms with Crippen molar-refractivity contribution >= 4 is 11.8 Å². The molecule has 0 amide bonds. The van der Waals surface area contributed by atoms with E-state index in [0.717, 1.165) is 28.8 Å². The van der Waals surface area contributed by atoms with Gasteiger partial charge in [0.1, 0.15) is 0 Å². The summed E-state index contributed by atoms with van der Waals surface area (Å²) in [7, 11) is 0. The van der Waals surface area contributed by atoms with Gasteiger partial charge in [-0.15, -0.1) is 10.2 Å². The highest BCUT2D eigenvalue weighted by Crippen LogP contribution is 2.23. The summed E-state index contributed by atoms with van der Waals surface area (Å²) < 4.78 is 2.16. The molecule has 0 aromatic carbocycles. The average Bonchev–Trinajstić information content (AvgIpc) is 2.83. The number of hydrogen-bond acceptors (Lipinski definition) is 4. The van der Waals surface area contributed by atoms with Gasteiger partial charge in [-0.3, -0.25) is 4.98 Å². The van der Waals surface area contributed by atoms with Crippen LogP contribution in [0, 0.1) is 0 Å². The van der Waals surface area contributed by atoms with Gasteiger partial charge >= 0.3 is 0 Å². The fraction of sp³-hybridized carbons (Fsp3) is 0.462. The van der Waals surface area contributed by atoms with E-state index < -0.39 is 0 Å². The van der Waals surface area contributed by atoms with E-state index in [4.69, 9.17) is 0 Å². The van der Waals surface area contributed by atoms with Crippen molar-refractivity contribution in [3.63, 3.8) is 0 Å². The minimum atomic E-state index is 0.888. The fourth-order valence-corrected chi connectivity index (χ4v) is 2.79. The minimum absolute atomic E-state index is 0.888. The molecule has 0 bridgehead atoms. The molecule has 0 spiro atoms. The van der Waals surface area contributed by atoms with E-state index in [-0.39, 0.29) is 0 Å². The van der Waals surface area contributed by atoms with Gasteiger partial charge in [0.15, 0.2) is 11.0 Å². The molecule has 96 valence electrons. The molecule has 0 N–H and O–H groups in total. The Kier molecular flexibility index (Phi) is 4.75. The predicted octanol–water partition coefficient (Wildman–Crippen LogP) is 3.25. The summed E-state index contributed by atoms with van der Waals surface area (Å²) in [5.74, 6) is 2.03. The lowest BCUT2D eigenvalue weighted by Gasteiger charge is -2.06. The Labute approximate surface area is 112 Å². The molecule has 0 aliphatic carbocycles. The summed E-state index contributed by atoms with van der Waals surface area (Å²) in [5, 5.41) is 9.60. The van der Waals surface area contributed by atoms with Gasteiger partial charge in [-0.05, 0) is 25.5 Å². The second-order valence-electron chi connectivity index (χ2n) is 3.99. The standard InChI is InChI=1S/C13H18N4S/c1-3-5-10-18-13-16-15-12(17(13)4-2)11-6-8-14-9-7-11/h6-9H,3-5,10H2,1-2H3. The van der Waals surface area contributed by atoms with Crippen molar-refractivity contribution in [3.05, 3.63) is 24.5 Å². The SMILES string of the molecule is CCCCSc1nnc(-c2ccncc2)n1CC.